The van der Waals surface area contributed by atoms with E-state index in [1.165, 1.54) is 18.2 Å². The Morgan fingerprint density at radius 2 is 2.31 bits per heavy atom. The molecule has 0 aliphatic carbocycles. The number of hydrogen-bond acceptors (Lipinski definition) is 1. The van der Waals surface area contributed by atoms with Gasteiger partial charge in [-0.1, -0.05) is 22.9 Å². The zero-order chi connectivity index (χ0) is 12.0. The zero-order valence-electron chi connectivity index (χ0n) is 8.97. The molecule has 1 aromatic rings. The minimum atomic E-state index is -0.345. The Kier molecular flexibility index (Phi) is 5.19. The number of amides is 1. The second-order valence-electron chi connectivity index (χ2n) is 3.29. The molecule has 16 heavy (non-hydrogen) atoms. The molecule has 0 spiro atoms. The van der Waals surface area contributed by atoms with E-state index in [-0.39, 0.29) is 11.7 Å². The van der Waals surface area contributed by atoms with Crippen LogP contribution in [0.2, 0.25) is 0 Å². The lowest BCUT2D eigenvalue weighted by Gasteiger charge is -1.99. The van der Waals surface area contributed by atoms with Crippen molar-refractivity contribution in [2.24, 2.45) is 0 Å². The summed E-state index contributed by atoms with van der Waals surface area (Å²) in [5.41, 5.74) is 0.390. The molecule has 1 rings (SSSR count). The quantitative estimate of drug-likeness (QED) is 0.846. The Hall–Kier alpha value is -1.16. The van der Waals surface area contributed by atoms with Crippen LogP contribution in [-0.4, -0.2) is 12.5 Å². The zero-order valence-corrected chi connectivity index (χ0v) is 10.6. The average Bonchev–Trinajstić information content (AvgIpc) is 2.27. The average molecular weight is 286 g/mol. The van der Waals surface area contributed by atoms with Gasteiger partial charge >= 0.3 is 0 Å². The normalized spacial score (nSPS) is 10.7. The van der Waals surface area contributed by atoms with Gasteiger partial charge < -0.3 is 5.32 Å². The van der Waals surface area contributed by atoms with Crippen molar-refractivity contribution in [3.63, 3.8) is 0 Å². The lowest BCUT2D eigenvalue weighted by atomic mass is 10.2. The highest BCUT2D eigenvalue weighted by Crippen LogP contribution is 2.16. The molecule has 86 valence electrons. The molecule has 0 heterocycles. The van der Waals surface area contributed by atoms with E-state index in [4.69, 9.17) is 0 Å². The highest BCUT2D eigenvalue weighted by molar-refractivity contribution is 9.10. The molecule has 0 saturated carbocycles. The van der Waals surface area contributed by atoms with Gasteiger partial charge in [-0.25, -0.2) is 4.39 Å². The van der Waals surface area contributed by atoms with Gasteiger partial charge in [-0.05, 0) is 30.7 Å². The highest BCUT2D eigenvalue weighted by atomic mass is 79.9. The van der Waals surface area contributed by atoms with Gasteiger partial charge in [0.05, 0.1) is 0 Å². The second-order valence-corrected chi connectivity index (χ2v) is 4.21. The molecule has 0 fully saturated rings. The summed E-state index contributed by atoms with van der Waals surface area (Å²) in [6, 6.07) is 4.59. The second kappa shape index (κ2) is 6.43. The fourth-order valence-corrected chi connectivity index (χ4v) is 1.49. The number of benzene rings is 1. The van der Waals surface area contributed by atoms with Gasteiger partial charge in [-0.15, -0.1) is 0 Å². The first-order valence-corrected chi connectivity index (χ1v) is 5.83. The summed E-state index contributed by atoms with van der Waals surface area (Å²) >= 11 is 3.24. The van der Waals surface area contributed by atoms with Crippen LogP contribution in [0.1, 0.15) is 18.9 Å². The van der Waals surface area contributed by atoms with Crippen molar-refractivity contribution in [1.82, 2.24) is 5.32 Å². The predicted octanol–water partition coefficient (Wildman–Crippen LogP) is 3.13. The summed E-state index contributed by atoms with van der Waals surface area (Å²) in [4.78, 5) is 11.2. The number of hydrogen-bond donors (Lipinski definition) is 1. The summed E-state index contributed by atoms with van der Waals surface area (Å²) in [5, 5.41) is 2.68. The Labute approximate surface area is 103 Å². The van der Waals surface area contributed by atoms with E-state index in [1.807, 2.05) is 6.92 Å². The number of nitrogens with one attached hydrogen (secondary N) is 1. The van der Waals surface area contributed by atoms with E-state index in [9.17, 15) is 9.18 Å². The van der Waals surface area contributed by atoms with Gasteiger partial charge in [0, 0.05) is 22.7 Å². The molecule has 1 aromatic carbocycles. The molecule has 0 unspecified atom stereocenters. The highest BCUT2D eigenvalue weighted by Gasteiger charge is 2.00. The van der Waals surface area contributed by atoms with E-state index >= 15 is 0 Å². The van der Waals surface area contributed by atoms with Gasteiger partial charge in [-0.3, -0.25) is 4.79 Å². The van der Waals surface area contributed by atoms with Crippen molar-refractivity contribution in [1.29, 1.82) is 0 Å². The molecule has 0 aromatic heterocycles. The number of carbonyl (C=O) groups excluding carboxylic acids is 1. The molecule has 0 aliphatic rings. The molecule has 2 nitrogen and oxygen atoms in total. The van der Waals surface area contributed by atoms with E-state index in [2.05, 4.69) is 21.2 Å². The third-order valence-corrected chi connectivity index (χ3v) is 2.41. The van der Waals surface area contributed by atoms with Crippen LogP contribution in [0, 0.1) is 5.82 Å². The minimum absolute atomic E-state index is 0.207. The Morgan fingerprint density at radius 3 is 3.00 bits per heavy atom. The largest absolute Gasteiger partial charge is 0.353 e. The Morgan fingerprint density at radius 1 is 1.56 bits per heavy atom. The number of rotatable bonds is 4. The van der Waals surface area contributed by atoms with Gasteiger partial charge in [0.25, 0.3) is 0 Å². The number of carbonyl (C=O) groups is 1. The minimum Gasteiger partial charge on any atom is -0.353 e. The maximum atomic E-state index is 13.3. The molecule has 0 bridgehead atoms. The smallest absolute Gasteiger partial charge is 0.244 e. The molecule has 1 N–H and O–H groups in total. The summed E-state index contributed by atoms with van der Waals surface area (Å²) in [7, 11) is 0. The third kappa shape index (κ3) is 4.14. The maximum Gasteiger partial charge on any atom is 0.244 e. The van der Waals surface area contributed by atoms with Crippen LogP contribution in [0.3, 0.4) is 0 Å². The van der Waals surface area contributed by atoms with Gasteiger partial charge in [0.15, 0.2) is 0 Å². The summed E-state index contributed by atoms with van der Waals surface area (Å²) in [6.45, 7) is 2.60. The van der Waals surface area contributed by atoms with Crippen LogP contribution in [0.15, 0.2) is 28.7 Å². The monoisotopic (exact) mass is 285 g/mol. The fraction of sp³-hybridized carbons (Fsp3) is 0.250. The molecular formula is C12H13BrFNO. The van der Waals surface area contributed by atoms with Gasteiger partial charge in [0.1, 0.15) is 5.82 Å². The fourth-order valence-electron chi connectivity index (χ4n) is 1.11. The Balaban J connectivity index is 2.68. The van der Waals surface area contributed by atoms with Crippen molar-refractivity contribution >= 4 is 27.9 Å². The van der Waals surface area contributed by atoms with Crippen LogP contribution in [0.4, 0.5) is 4.39 Å². The van der Waals surface area contributed by atoms with E-state index in [0.29, 0.717) is 12.1 Å². The summed E-state index contributed by atoms with van der Waals surface area (Å²) in [6.07, 6.45) is 3.68. The molecule has 0 atom stereocenters. The van der Waals surface area contributed by atoms with Crippen LogP contribution in [0.25, 0.3) is 6.08 Å². The first kappa shape index (κ1) is 12.9. The summed E-state index contributed by atoms with van der Waals surface area (Å²) < 4.78 is 14.0. The first-order chi connectivity index (χ1) is 7.63. The molecular weight excluding hydrogens is 273 g/mol. The van der Waals surface area contributed by atoms with E-state index in [0.717, 1.165) is 10.9 Å². The van der Waals surface area contributed by atoms with E-state index in [1.54, 1.807) is 12.1 Å². The standard InChI is InChI=1S/C12H13BrFNO/c1-2-7-15-12(16)6-3-9-8-10(13)4-5-11(9)14/h3-6,8H,2,7H2,1H3,(H,15,16)/b6-3-. The molecule has 1 amide bonds. The van der Waals surface area contributed by atoms with Crippen LogP contribution >= 0.6 is 15.9 Å². The van der Waals surface area contributed by atoms with Crippen molar-refractivity contribution in [3.8, 4) is 0 Å². The molecule has 4 heteroatoms. The topological polar surface area (TPSA) is 29.1 Å². The van der Waals surface area contributed by atoms with Gasteiger partial charge in [0.2, 0.25) is 5.91 Å². The van der Waals surface area contributed by atoms with Crippen molar-refractivity contribution < 1.29 is 9.18 Å². The van der Waals surface area contributed by atoms with E-state index < -0.39 is 0 Å². The predicted molar refractivity (Wildman–Crippen MR) is 66.4 cm³/mol. The summed E-state index contributed by atoms with van der Waals surface area (Å²) in [5.74, 6) is -0.552. The maximum absolute atomic E-state index is 13.3. The van der Waals surface area contributed by atoms with Crippen LogP contribution < -0.4 is 5.32 Å². The van der Waals surface area contributed by atoms with Crippen LogP contribution in [0.5, 0.6) is 0 Å². The Bertz CT molecular complexity index is 404. The van der Waals surface area contributed by atoms with Crippen molar-refractivity contribution in [2.45, 2.75) is 13.3 Å². The van der Waals surface area contributed by atoms with Crippen LogP contribution in [-0.2, 0) is 4.79 Å². The van der Waals surface area contributed by atoms with Crippen molar-refractivity contribution in [3.05, 3.63) is 40.1 Å². The lowest BCUT2D eigenvalue weighted by Crippen LogP contribution is -2.21. The molecule has 0 saturated heterocycles. The SMILES string of the molecule is CCCNC(=O)/C=C\c1cc(Br)ccc1F. The first-order valence-electron chi connectivity index (χ1n) is 5.04. The molecule has 0 aliphatic heterocycles. The molecule has 0 radical (unpaired) electrons. The third-order valence-electron chi connectivity index (χ3n) is 1.92. The number of halogens is 2. The van der Waals surface area contributed by atoms with Gasteiger partial charge in [-0.2, -0.15) is 0 Å². The lowest BCUT2D eigenvalue weighted by molar-refractivity contribution is -0.116. The van der Waals surface area contributed by atoms with Crippen molar-refractivity contribution in [2.75, 3.05) is 6.54 Å².